The van der Waals surface area contributed by atoms with Gasteiger partial charge in [-0.25, -0.2) is 0 Å². The maximum Gasteiger partial charge on any atom is 0.202 e. The van der Waals surface area contributed by atoms with Crippen LogP contribution >= 0.6 is 0 Å². The Labute approximate surface area is 42.2 Å². The second-order valence-corrected chi connectivity index (χ2v) is 0.795. The van der Waals surface area contributed by atoms with Crippen LogP contribution in [0.1, 0.15) is 6.92 Å². The molecule has 0 radical (unpaired) electrons. The SMILES string of the molecule is CC=NOCC#N. The van der Waals surface area contributed by atoms with Crippen LogP contribution in [0.25, 0.3) is 0 Å². The zero-order valence-corrected chi connectivity index (χ0v) is 4.09. The predicted molar refractivity (Wildman–Crippen MR) is 25.7 cm³/mol. The molecule has 7 heavy (non-hydrogen) atoms. The van der Waals surface area contributed by atoms with Gasteiger partial charge < -0.3 is 4.84 Å². The minimum Gasteiger partial charge on any atom is -0.381 e. The molecule has 0 aliphatic rings. The molecule has 0 rings (SSSR count). The highest BCUT2D eigenvalue weighted by Gasteiger charge is 1.69. The van der Waals surface area contributed by atoms with Crippen molar-refractivity contribution in [2.45, 2.75) is 6.92 Å². The summed E-state index contributed by atoms with van der Waals surface area (Å²) in [7, 11) is 0. The van der Waals surface area contributed by atoms with Gasteiger partial charge in [0.25, 0.3) is 0 Å². The summed E-state index contributed by atoms with van der Waals surface area (Å²) in [6.45, 7) is 1.75. The van der Waals surface area contributed by atoms with E-state index in [4.69, 9.17) is 5.26 Å². The van der Waals surface area contributed by atoms with E-state index in [-0.39, 0.29) is 6.61 Å². The Kier molecular flexibility index (Phi) is 4.22. The third kappa shape index (κ3) is 4.96. The van der Waals surface area contributed by atoms with Crippen molar-refractivity contribution in [3.63, 3.8) is 0 Å². The Morgan fingerprint density at radius 2 is 2.71 bits per heavy atom. The molecule has 0 saturated heterocycles. The average molecular weight is 98.1 g/mol. The molecule has 0 aliphatic carbocycles. The first-order valence-corrected chi connectivity index (χ1v) is 1.88. The number of rotatable bonds is 2. The van der Waals surface area contributed by atoms with Gasteiger partial charge in [-0.15, -0.1) is 0 Å². The molecule has 38 valence electrons. The molecule has 0 bridgehead atoms. The van der Waals surface area contributed by atoms with E-state index in [1.165, 1.54) is 6.21 Å². The maximum absolute atomic E-state index is 7.84. The third-order valence-electron chi connectivity index (χ3n) is 0.309. The fraction of sp³-hybridized carbons (Fsp3) is 0.500. The van der Waals surface area contributed by atoms with Crippen LogP contribution in [0.4, 0.5) is 0 Å². The van der Waals surface area contributed by atoms with E-state index in [2.05, 4.69) is 9.99 Å². The smallest absolute Gasteiger partial charge is 0.202 e. The lowest BCUT2D eigenvalue weighted by molar-refractivity contribution is 0.180. The first kappa shape index (κ1) is 5.96. The molecule has 3 heteroatoms. The Morgan fingerprint density at radius 1 is 2.00 bits per heavy atom. The summed E-state index contributed by atoms with van der Waals surface area (Å²) in [5, 5.41) is 11.2. The number of nitrogens with zero attached hydrogens (tertiary/aromatic N) is 2. The molecular formula is C4H6N2O. The van der Waals surface area contributed by atoms with E-state index in [9.17, 15) is 0 Å². The highest BCUT2D eigenvalue weighted by Crippen LogP contribution is 1.68. The molecule has 0 spiro atoms. The van der Waals surface area contributed by atoms with Gasteiger partial charge >= 0.3 is 0 Å². The molecule has 0 fully saturated rings. The lowest BCUT2D eigenvalue weighted by Gasteiger charge is -1.82. The first-order valence-electron chi connectivity index (χ1n) is 1.88. The normalized spacial score (nSPS) is 8.57. The summed E-state index contributed by atoms with van der Waals surface area (Å²) < 4.78 is 0. The largest absolute Gasteiger partial charge is 0.381 e. The van der Waals surface area contributed by atoms with Gasteiger partial charge in [0, 0.05) is 6.21 Å². The summed E-state index contributed by atoms with van der Waals surface area (Å²) in [4.78, 5) is 4.34. The van der Waals surface area contributed by atoms with E-state index in [1.807, 2.05) is 0 Å². The van der Waals surface area contributed by atoms with Crippen molar-refractivity contribution in [3.05, 3.63) is 0 Å². The van der Waals surface area contributed by atoms with Crippen molar-refractivity contribution in [2.75, 3.05) is 6.61 Å². The first-order chi connectivity index (χ1) is 3.41. The molecule has 0 amide bonds. The molecule has 3 nitrogen and oxygen atoms in total. The summed E-state index contributed by atoms with van der Waals surface area (Å²) in [6, 6.07) is 1.77. The van der Waals surface area contributed by atoms with Gasteiger partial charge in [-0.3, -0.25) is 0 Å². The van der Waals surface area contributed by atoms with Crippen molar-refractivity contribution < 1.29 is 4.84 Å². The van der Waals surface area contributed by atoms with Crippen LogP contribution in [-0.2, 0) is 4.84 Å². The van der Waals surface area contributed by atoms with Gasteiger partial charge in [-0.2, -0.15) is 5.26 Å². The molecule has 0 aliphatic heterocycles. The van der Waals surface area contributed by atoms with Gasteiger partial charge in [0.1, 0.15) is 6.07 Å². The minimum atomic E-state index is 0.0321. The van der Waals surface area contributed by atoms with Crippen LogP contribution in [0.15, 0.2) is 5.16 Å². The second-order valence-electron chi connectivity index (χ2n) is 0.795. The van der Waals surface area contributed by atoms with Gasteiger partial charge in [0.2, 0.25) is 6.61 Å². The van der Waals surface area contributed by atoms with E-state index in [0.717, 1.165) is 0 Å². The molecule has 0 heterocycles. The van der Waals surface area contributed by atoms with Crippen LogP contribution < -0.4 is 0 Å². The highest BCUT2D eigenvalue weighted by molar-refractivity contribution is 5.52. The van der Waals surface area contributed by atoms with E-state index >= 15 is 0 Å². The van der Waals surface area contributed by atoms with Crippen molar-refractivity contribution in [1.29, 1.82) is 5.26 Å². The van der Waals surface area contributed by atoms with Crippen LogP contribution in [-0.4, -0.2) is 12.8 Å². The van der Waals surface area contributed by atoms with Crippen LogP contribution in [0, 0.1) is 11.3 Å². The highest BCUT2D eigenvalue weighted by atomic mass is 16.6. The monoisotopic (exact) mass is 98.0 g/mol. The topological polar surface area (TPSA) is 45.4 Å². The number of nitriles is 1. The van der Waals surface area contributed by atoms with Crippen molar-refractivity contribution in [2.24, 2.45) is 5.16 Å². The van der Waals surface area contributed by atoms with E-state index in [0.29, 0.717) is 0 Å². The molecule has 0 N–H and O–H groups in total. The summed E-state index contributed by atoms with van der Waals surface area (Å²) >= 11 is 0. The minimum absolute atomic E-state index is 0.0321. The fourth-order valence-electron chi connectivity index (χ4n) is 0.141. The number of hydrogen-bond donors (Lipinski definition) is 0. The average Bonchev–Trinajstić information content (AvgIpc) is 1.69. The Hall–Kier alpha value is -1.04. The Balaban J connectivity index is 2.87. The molecule has 0 aromatic carbocycles. The predicted octanol–water partition coefficient (Wildman–Crippen LogP) is 0.532. The summed E-state index contributed by atoms with van der Waals surface area (Å²) in [6.07, 6.45) is 1.48. The summed E-state index contributed by atoms with van der Waals surface area (Å²) in [5.74, 6) is 0. The summed E-state index contributed by atoms with van der Waals surface area (Å²) in [5.41, 5.74) is 0. The van der Waals surface area contributed by atoms with Gasteiger partial charge in [0.05, 0.1) is 0 Å². The van der Waals surface area contributed by atoms with Crippen molar-refractivity contribution in [1.82, 2.24) is 0 Å². The second kappa shape index (κ2) is 4.96. The molecule has 0 aromatic rings. The molecular weight excluding hydrogens is 92.1 g/mol. The zero-order valence-electron chi connectivity index (χ0n) is 4.09. The fourth-order valence-corrected chi connectivity index (χ4v) is 0.141. The molecule has 0 unspecified atom stereocenters. The Morgan fingerprint density at radius 3 is 3.14 bits per heavy atom. The molecule has 0 aromatic heterocycles. The quantitative estimate of drug-likeness (QED) is 0.287. The Bertz CT molecular complexity index is 92.4. The van der Waals surface area contributed by atoms with Crippen molar-refractivity contribution >= 4 is 6.21 Å². The van der Waals surface area contributed by atoms with E-state index in [1.54, 1.807) is 13.0 Å². The van der Waals surface area contributed by atoms with Crippen LogP contribution in [0.3, 0.4) is 0 Å². The number of oxime groups is 1. The maximum atomic E-state index is 7.84. The molecule has 0 atom stereocenters. The lowest BCUT2D eigenvalue weighted by atomic mass is 10.8. The van der Waals surface area contributed by atoms with Crippen molar-refractivity contribution in [3.8, 4) is 6.07 Å². The zero-order chi connectivity index (χ0) is 5.54. The lowest BCUT2D eigenvalue weighted by Crippen LogP contribution is -1.79. The van der Waals surface area contributed by atoms with Gasteiger partial charge in [-0.05, 0) is 6.92 Å². The van der Waals surface area contributed by atoms with Crippen LogP contribution in [0.5, 0.6) is 0 Å². The third-order valence-corrected chi connectivity index (χ3v) is 0.309. The standard InChI is InChI=1S/C4H6N2O/c1-2-6-7-4-3-5/h2H,4H2,1H3. The van der Waals surface area contributed by atoms with Crippen LogP contribution in [0.2, 0.25) is 0 Å². The number of hydrogen-bond acceptors (Lipinski definition) is 3. The van der Waals surface area contributed by atoms with E-state index < -0.39 is 0 Å². The van der Waals surface area contributed by atoms with Gasteiger partial charge in [-0.1, -0.05) is 5.16 Å². The molecule has 0 saturated carbocycles. The van der Waals surface area contributed by atoms with Gasteiger partial charge in [0.15, 0.2) is 0 Å².